The first-order valence-electron chi connectivity index (χ1n) is 6.33. The third kappa shape index (κ3) is 1.95. The van der Waals surface area contributed by atoms with Gasteiger partial charge in [-0.1, -0.05) is 0 Å². The Morgan fingerprint density at radius 3 is 2.38 bits per heavy atom. The van der Waals surface area contributed by atoms with E-state index in [0.717, 1.165) is 4.90 Å². The van der Waals surface area contributed by atoms with Crippen LogP contribution in [0.4, 0.5) is 5.69 Å². The average Bonchev–Trinajstić information content (AvgIpc) is 2.88. The van der Waals surface area contributed by atoms with Crippen LogP contribution in [0.5, 0.6) is 0 Å². The van der Waals surface area contributed by atoms with Gasteiger partial charge in [-0.05, 0) is 31.5 Å². The molecule has 3 rings (SSSR count). The smallest absolute Gasteiger partial charge is 0.261 e. The molecular formula is C14H12Cl2N2O3. The Labute approximate surface area is 131 Å². The third-order valence-electron chi connectivity index (χ3n) is 4.11. The molecule has 7 heteroatoms. The minimum atomic E-state index is -1.06. The zero-order valence-corrected chi connectivity index (χ0v) is 12.9. The molecule has 3 amide bonds. The Morgan fingerprint density at radius 2 is 1.81 bits per heavy atom. The molecule has 21 heavy (non-hydrogen) atoms. The predicted molar refractivity (Wildman–Crippen MR) is 78.7 cm³/mol. The molecule has 1 N–H and O–H groups in total. The van der Waals surface area contributed by atoms with Crippen LogP contribution in [-0.2, 0) is 4.79 Å². The predicted octanol–water partition coefficient (Wildman–Crippen LogP) is 2.43. The van der Waals surface area contributed by atoms with Crippen molar-refractivity contribution in [3.63, 3.8) is 0 Å². The molecule has 110 valence electrons. The van der Waals surface area contributed by atoms with E-state index >= 15 is 0 Å². The summed E-state index contributed by atoms with van der Waals surface area (Å²) in [6.07, 6.45) is 0.375. The van der Waals surface area contributed by atoms with Crippen LogP contribution in [0.15, 0.2) is 18.2 Å². The number of alkyl halides is 2. The first kappa shape index (κ1) is 14.4. The standard InChI is InChI=1S/C14H12Cl2N2O3/c1-13(6-14(13,15)16)12(21)17-7-3-4-8-9(5-7)11(20)18(2)10(8)19/h3-5H,6H2,1-2H3,(H,17,21). The molecule has 0 spiro atoms. The van der Waals surface area contributed by atoms with Gasteiger partial charge in [0, 0.05) is 12.7 Å². The molecule has 1 heterocycles. The van der Waals surface area contributed by atoms with Crippen molar-refractivity contribution < 1.29 is 14.4 Å². The zero-order chi connectivity index (χ0) is 15.6. The SMILES string of the molecule is CN1C(=O)c2ccc(NC(=O)C3(C)CC3(Cl)Cl)cc2C1=O. The van der Waals surface area contributed by atoms with E-state index < -0.39 is 9.75 Å². The average molecular weight is 327 g/mol. The van der Waals surface area contributed by atoms with E-state index in [4.69, 9.17) is 23.2 Å². The van der Waals surface area contributed by atoms with Gasteiger partial charge in [-0.3, -0.25) is 19.3 Å². The highest BCUT2D eigenvalue weighted by atomic mass is 35.5. The Balaban J connectivity index is 1.85. The molecule has 2 aliphatic rings. The Hall–Kier alpha value is -1.59. The van der Waals surface area contributed by atoms with E-state index in [0.29, 0.717) is 17.7 Å². The molecular weight excluding hydrogens is 315 g/mol. The normalized spacial score (nSPS) is 25.8. The summed E-state index contributed by atoms with van der Waals surface area (Å²) >= 11 is 11.9. The number of halogens is 2. The molecule has 0 bridgehead atoms. The number of hydrogen-bond acceptors (Lipinski definition) is 3. The van der Waals surface area contributed by atoms with Crippen molar-refractivity contribution in [2.45, 2.75) is 17.7 Å². The van der Waals surface area contributed by atoms with Gasteiger partial charge in [0.05, 0.1) is 16.5 Å². The summed E-state index contributed by atoms with van der Waals surface area (Å²) in [4.78, 5) is 36.9. The van der Waals surface area contributed by atoms with Crippen LogP contribution < -0.4 is 5.32 Å². The highest BCUT2D eigenvalue weighted by Gasteiger charge is 2.67. The summed E-state index contributed by atoms with van der Waals surface area (Å²) in [6.45, 7) is 1.68. The molecule has 1 aromatic rings. The van der Waals surface area contributed by atoms with Crippen molar-refractivity contribution in [3.05, 3.63) is 29.3 Å². The molecule has 1 aliphatic heterocycles. The van der Waals surface area contributed by atoms with Gasteiger partial charge in [-0.15, -0.1) is 23.2 Å². The Kier molecular flexibility index (Phi) is 2.88. The Bertz CT molecular complexity index is 701. The number of benzene rings is 1. The van der Waals surface area contributed by atoms with E-state index in [1.165, 1.54) is 19.2 Å². The second-order valence-corrected chi connectivity index (χ2v) is 7.08. The lowest BCUT2D eigenvalue weighted by atomic mass is 10.1. The maximum Gasteiger partial charge on any atom is 0.261 e. The molecule has 1 aliphatic carbocycles. The maximum absolute atomic E-state index is 12.2. The fraction of sp³-hybridized carbons (Fsp3) is 0.357. The number of hydrogen-bond donors (Lipinski definition) is 1. The molecule has 1 fully saturated rings. The van der Waals surface area contributed by atoms with Crippen LogP contribution >= 0.6 is 23.2 Å². The molecule has 0 aromatic heterocycles. The van der Waals surface area contributed by atoms with Crippen molar-refractivity contribution in [1.29, 1.82) is 0 Å². The maximum atomic E-state index is 12.2. The number of nitrogens with zero attached hydrogens (tertiary/aromatic N) is 1. The number of carbonyl (C=O) groups is 3. The fourth-order valence-electron chi connectivity index (χ4n) is 2.35. The van der Waals surface area contributed by atoms with Gasteiger partial charge in [0.25, 0.3) is 11.8 Å². The van der Waals surface area contributed by atoms with Crippen molar-refractivity contribution in [2.75, 3.05) is 12.4 Å². The largest absolute Gasteiger partial charge is 0.325 e. The van der Waals surface area contributed by atoms with E-state index in [9.17, 15) is 14.4 Å². The van der Waals surface area contributed by atoms with Gasteiger partial charge >= 0.3 is 0 Å². The van der Waals surface area contributed by atoms with Crippen LogP contribution in [0, 0.1) is 5.41 Å². The third-order valence-corrected chi connectivity index (χ3v) is 5.21. The van der Waals surface area contributed by atoms with E-state index in [1.54, 1.807) is 13.0 Å². The lowest BCUT2D eigenvalue weighted by molar-refractivity contribution is -0.120. The molecule has 1 unspecified atom stereocenters. The van der Waals surface area contributed by atoms with Gasteiger partial charge in [0.2, 0.25) is 5.91 Å². The highest BCUT2D eigenvalue weighted by Crippen LogP contribution is 2.64. The molecule has 0 saturated heterocycles. The van der Waals surface area contributed by atoms with Crippen LogP contribution in [-0.4, -0.2) is 34.0 Å². The van der Waals surface area contributed by atoms with Crippen LogP contribution in [0.2, 0.25) is 0 Å². The lowest BCUT2D eigenvalue weighted by Crippen LogP contribution is -2.26. The molecule has 0 radical (unpaired) electrons. The van der Waals surface area contributed by atoms with Gasteiger partial charge in [-0.2, -0.15) is 0 Å². The summed E-state index contributed by atoms with van der Waals surface area (Å²) in [7, 11) is 1.42. The first-order valence-corrected chi connectivity index (χ1v) is 7.09. The van der Waals surface area contributed by atoms with Gasteiger partial charge in [0.15, 0.2) is 0 Å². The van der Waals surface area contributed by atoms with Crippen molar-refractivity contribution in [3.8, 4) is 0 Å². The number of fused-ring (bicyclic) bond motifs is 1. The summed E-state index contributed by atoms with van der Waals surface area (Å²) in [6, 6.07) is 4.60. The van der Waals surface area contributed by atoms with Crippen LogP contribution in [0.3, 0.4) is 0 Å². The molecule has 1 saturated carbocycles. The monoisotopic (exact) mass is 326 g/mol. The number of amides is 3. The topological polar surface area (TPSA) is 66.5 Å². The summed E-state index contributed by atoms with van der Waals surface area (Å²) in [5.74, 6) is -1.03. The minimum Gasteiger partial charge on any atom is -0.325 e. The fourth-order valence-corrected chi connectivity index (χ4v) is 3.06. The summed E-state index contributed by atoms with van der Waals surface area (Å²) in [5.41, 5.74) is 0.213. The minimum absolute atomic E-state index is 0.282. The second kappa shape index (κ2) is 4.21. The van der Waals surface area contributed by atoms with Gasteiger partial charge in [0.1, 0.15) is 4.33 Å². The number of anilines is 1. The van der Waals surface area contributed by atoms with Crippen LogP contribution in [0.1, 0.15) is 34.1 Å². The second-order valence-electron chi connectivity index (χ2n) is 5.60. The van der Waals surface area contributed by atoms with Gasteiger partial charge < -0.3 is 5.32 Å². The van der Waals surface area contributed by atoms with E-state index in [2.05, 4.69) is 5.32 Å². The lowest BCUT2D eigenvalue weighted by Gasteiger charge is -2.13. The Morgan fingerprint density at radius 1 is 1.24 bits per heavy atom. The van der Waals surface area contributed by atoms with Crippen molar-refractivity contribution >= 4 is 46.6 Å². The number of nitrogens with one attached hydrogen (secondary N) is 1. The number of rotatable bonds is 2. The van der Waals surface area contributed by atoms with E-state index in [-0.39, 0.29) is 23.3 Å². The molecule has 1 atom stereocenters. The van der Waals surface area contributed by atoms with Crippen molar-refractivity contribution in [2.24, 2.45) is 5.41 Å². The van der Waals surface area contributed by atoms with Gasteiger partial charge in [-0.25, -0.2) is 0 Å². The zero-order valence-electron chi connectivity index (χ0n) is 11.4. The molecule has 1 aromatic carbocycles. The van der Waals surface area contributed by atoms with Crippen molar-refractivity contribution in [1.82, 2.24) is 4.90 Å². The molecule has 5 nitrogen and oxygen atoms in total. The number of carbonyl (C=O) groups excluding carboxylic acids is 3. The van der Waals surface area contributed by atoms with Crippen LogP contribution in [0.25, 0.3) is 0 Å². The quantitative estimate of drug-likeness (QED) is 0.670. The first-order chi connectivity index (χ1) is 9.67. The van der Waals surface area contributed by atoms with E-state index in [1.807, 2.05) is 0 Å². The summed E-state index contributed by atoms with van der Waals surface area (Å²) in [5, 5.41) is 2.69. The summed E-state index contributed by atoms with van der Waals surface area (Å²) < 4.78 is -1.06. The number of imide groups is 1. The highest BCUT2D eigenvalue weighted by molar-refractivity contribution is 6.53.